The Balaban J connectivity index is -0.000000462. The molecule has 13 heteroatoms. The summed E-state index contributed by atoms with van der Waals surface area (Å²) in [5, 5.41) is 8.96. The summed E-state index contributed by atoms with van der Waals surface area (Å²) < 4.78 is 5.59. The van der Waals surface area contributed by atoms with Crippen LogP contribution in [0.5, 0.6) is 0 Å². The molecule has 0 fully saturated rings. The van der Waals surface area contributed by atoms with Gasteiger partial charge in [-0.2, -0.15) is 0 Å². The quantitative estimate of drug-likeness (QED) is 0.119. The molecule has 0 amide bonds. The monoisotopic (exact) mass is 805 g/mol. The van der Waals surface area contributed by atoms with Crippen LogP contribution in [0.25, 0.3) is 23.1 Å². The van der Waals surface area contributed by atoms with E-state index in [1.165, 1.54) is 13.0 Å². The molecule has 0 saturated heterocycles. The van der Waals surface area contributed by atoms with Crippen molar-refractivity contribution in [3.8, 4) is 0 Å². The summed E-state index contributed by atoms with van der Waals surface area (Å²) in [5.74, 6) is -0.395. The van der Waals surface area contributed by atoms with Crippen molar-refractivity contribution in [3.63, 3.8) is 0 Å². The van der Waals surface area contributed by atoms with Crippen LogP contribution in [0.4, 0.5) is 17.1 Å². The van der Waals surface area contributed by atoms with Gasteiger partial charge in [0.15, 0.2) is 0 Å². The average Bonchev–Trinajstić information content (AvgIpc) is 3.36. The van der Waals surface area contributed by atoms with Gasteiger partial charge in [0.25, 0.3) is 5.70 Å². The molecule has 43 heavy (non-hydrogen) atoms. The predicted molar refractivity (Wildman–Crippen MR) is 143 cm³/mol. The summed E-state index contributed by atoms with van der Waals surface area (Å²) in [6.07, 6.45) is 5.68. The van der Waals surface area contributed by atoms with Crippen LogP contribution in [-0.4, -0.2) is 17.4 Å². The smallest absolute Gasteiger partial charge is 0.333 e. The fourth-order valence-corrected chi connectivity index (χ4v) is 3.33. The number of carboxylic acids is 1. The van der Waals surface area contributed by atoms with E-state index in [9.17, 15) is 4.79 Å². The zero-order valence-corrected chi connectivity index (χ0v) is 29.4. The van der Waals surface area contributed by atoms with Crippen molar-refractivity contribution < 1.29 is 278 Å². The van der Waals surface area contributed by atoms with Crippen LogP contribution in [0.1, 0.15) is 24.0 Å². The molecular formula is C30H24Ar6N2O4Y. The van der Waals surface area contributed by atoms with Crippen molar-refractivity contribution in [3.05, 3.63) is 131 Å². The largest absolute Gasteiger partial charge is 0.486 e. The minimum Gasteiger partial charge on any atom is -0.486 e. The first-order valence-corrected chi connectivity index (χ1v) is 11.1. The van der Waals surface area contributed by atoms with Crippen LogP contribution in [0, 0.1) is 233 Å². The van der Waals surface area contributed by atoms with Crippen LogP contribution in [-0.2, 0) is 42.3 Å². The van der Waals surface area contributed by atoms with Gasteiger partial charge in [0.1, 0.15) is 17.8 Å². The fourth-order valence-electron chi connectivity index (χ4n) is 3.33. The second-order valence-corrected chi connectivity index (χ2v) is 7.35. The maximum Gasteiger partial charge on any atom is 0.333 e. The van der Waals surface area contributed by atoms with Crippen molar-refractivity contribution in [1.82, 2.24) is 0 Å². The van der Waals surface area contributed by atoms with Crippen LogP contribution in [0.15, 0.2) is 107 Å². The number of nitrogens with zero attached hydrogens (tertiary/aromatic N) is 2. The number of para-hydroxylation sites is 2. The first-order chi connectivity index (χ1) is 17.5. The van der Waals surface area contributed by atoms with Crippen LogP contribution in [0.2, 0.25) is 0 Å². The molecule has 3 aromatic carbocycles. The van der Waals surface area contributed by atoms with Crippen LogP contribution >= 0.6 is 0 Å². The Morgan fingerprint density at radius 2 is 1.14 bits per heavy atom. The van der Waals surface area contributed by atoms with E-state index in [0.29, 0.717) is 11.5 Å². The van der Waals surface area contributed by atoms with Gasteiger partial charge in [-0.05, 0) is 73.2 Å². The molecule has 0 aliphatic carbocycles. The molecule has 6 nitrogen and oxygen atoms in total. The molecule has 0 unspecified atom stereocenters. The topological polar surface area (TPSA) is 75.1 Å². The molecule has 1 heterocycles. The van der Waals surface area contributed by atoms with Crippen molar-refractivity contribution in [2.45, 2.75) is 6.92 Å². The molecular weight excluding hydrogens is 781 g/mol. The second kappa shape index (κ2) is 32.7. The normalized spacial score (nSPS) is 8.98. The van der Waals surface area contributed by atoms with Gasteiger partial charge in [0.05, 0.1) is 6.57 Å². The summed E-state index contributed by atoms with van der Waals surface area (Å²) in [7, 11) is 0. The summed E-state index contributed by atoms with van der Waals surface area (Å²) in [6, 6.07) is 31.9. The third kappa shape index (κ3) is 20.1. The van der Waals surface area contributed by atoms with Crippen LogP contribution in [0.3, 0.4) is 0 Å². The fraction of sp³-hybridized carbons (Fsp3) is 0.0333. The summed E-state index contributed by atoms with van der Waals surface area (Å²) in [4.78, 5) is 24.9. The summed E-state index contributed by atoms with van der Waals surface area (Å²) >= 11 is 0. The van der Waals surface area contributed by atoms with E-state index < -0.39 is 11.7 Å². The van der Waals surface area contributed by atoms with E-state index in [1.807, 2.05) is 54.6 Å². The number of carbonyl (C=O) groups is 2. The number of anilines is 3. The standard InChI is InChI=1S/C28H20N2O3.C2H4O.6Ar.Y/c1-29-27(28(31)32)20-26-19-18-25(33-26)17-14-21-12-15-24(16-13-21)30(22-8-4-2-5-9-22)23-10-6-3-7-11-23;1-2-3;;;;;;;/h2-20H,(H,31,32);2H,1H3;;;;;;;/b17-14+,27-20-;;;;;;;;. The minimum absolute atomic E-state index is 0. The number of carbonyl (C=O) groups excluding carboxylic acids is 1. The molecule has 1 aromatic heterocycles. The van der Waals surface area contributed by atoms with Gasteiger partial charge in [-0.3, -0.25) is 4.79 Å². The predicted octanol–water partition coefficient (Wildman–Crippen LogP) is 7.47. The average molecular weight is 805 g/mol. The Bertz CT molecular complexity index is 1370. The van der Waals surface area contributed by atoms with Crippen molar-refractivity contribution in [2.24, 2.45) is 0 Å². The Hall–Kier alpha value is 3.51. The zero-order valence-electron chi connectivity index (χ0n) is 22.3. The second-order valence-electron chi connectivity index (χ2n) is 7.35. The van der Waals surface area contributed by atoms with E-state index in [-0.39, 0.29) is 259 Å². The number of benzene rings is 3. The molecule has 229 valence electrons. The zero-order chi connectivity index (χ0) is 25.8. The van der Waals surface area contributed by atoms with E-state index >= 15 is 0 Å². The number of aliphatic carboxylic acids is 1. The number of furan rings is 1. The number of aldehydes is 1. The number of hydrogen-bond donors (Lipinski definition) is 1. The first-order valence-electron chi connectivity index (χ1n) is 11.1. The van der Waals surface area contributed by atoms with Gasteiger partial charge >= 0.3 is 5.97 Å². The Labute approximate surface area is 458 Å². The maximum atomic E-state index is 11.0. The van der Waals surface area contributed by atoms with Gasteiger partial charge in [-0.25, -0.2) is 4.85 Å². The number of rotatable bonds is 7. The molecule has 0 saturated carbocycles. The molecule has 0 atom stereocenters. The van der Waals surface area contributed by atoms with Crippen molar-refractivity contribution in [1.29, 1.82) is 0 Å². The minimum atomic E-state index is -1.28. The molecule has 0 aliphatic heterocycles. The number of hydrogen-bond acceptors (Lipinski definition) is 4. The van der Waals surface area contributed by atoms with E-state index in [4.69, 9.17) is 20.9 Å². The van der Waals surface area contributed by atoms with Crippen molar-refractivity contribution in [2.75, 3.05) is 4.90 Å². The van der Waals surface area contributed by atoms with E-state index in [2.05, 4.69) is 46.1 Å². The van der Waals surface area contributed by atoms with E-state index in [1.54, 1.807) is 18.2 Å². The third-order valence-electron chi connectivity index (χ3n) is 4.89. The maximum absolute atomic E-state index is 11.0. The van der Waals surface area contributed by atoms with Gasteiger partial charge < -0.3 is 19.2 Å². The molecule has 4 aromatic rings. The van der Waals surface area contributed by atoms with Gasteiger partial charge in [0, 0.05) is 276 Å². The van der Waals surface area contributed by atoms with Crippen molar-refractivity contribution >= 4 is 47.5 Å². The molecule has 0 aliphatic rings. The Kier molecular flexibility index (Phi) is 42.5. The SMILES string of the molecule is CC=O.[Ar].[Ar].[Ar].[Ar].[Ar].[Ar].[C-]#[N+]/C(=C\c1ccc(/C=C/c2ccc(N(c3ccccc3)c3ccccc3)cc2)o1)C(=O)O.[Y]. The summed E-state index contributed by atoms with van der Waals surface area (Å²) in [5.41, 5.74) is 3.78. The van der Waals surface area contributed by atoms with Gasteiger partial charge in [-0.1, -0.05) is 54.6 Å². The third-order valence-corrected chi connectivity index (χ3v) is 4.89. The molecule has 0 bridgehead atoms. The van der Waals surface area contributed by atoms with Gasteiger partial charge in [-0.15, -0.1) is 0 Å². The van der Waals surface area contributed by atoms with Gasteiger partial charge in [0.2, 0.25) is 0 Å². The Morgan fingerprint density at radius 3 is 1.56 bits per heavy atom. The van der Waals surface area contributed by atoms with E-state index in [0.717, 1.165) is 28.9 Å². The summed E-state index contributed by atoms with van der Waals surface area (Å²) in [6.45, 7) is 8.36. The molecule has 4 rings (SSSR count). The molecule has 0 spiro atoms. The number of carboxylic acid groups (broad SMARTS) is 1. The molecule has 1 radical (unpaired) electrons. The Morgan fingerprint density at radius 1 is 0.721 bits per heavy atom. The first kappa shape index (κ1) is 55.9. The molecule has 1 N–H and O–H groups in total. The van der Waals surface area contributed by atoms with Crippen LogP contribution < -0.4 is 4.90 Å².